The third-order valence-corrected chi connectivity index (χ3v) is 6.14. The molecule has 0 atom stereocenters. The van der Waals surface area contributed by atoms with Crippen molar-refractivity contribution >= 4 is 27.2 Å². The van der Waals surface area contributed by atoms with Gasteiger partial charge in [-0.1, -0.05) is 25.1 Å². The average molecular weight is 414 g/mol. The minimum absolute atomic E-state index is 0.165. The summed E-state index contributed by atoms with van der Waals surface area (Å²) in [7, 11) is -3.33. The van der Waals surface area contributed by atoms with Gasteiger partial charge in [0.25, 0.3) is 0 Å². The summed E-state index contributed by atoms with van der Waals surface area (Å²) in [5.74, 6) is -1.37. The Morgan fingerprint density at radius 2 is 1.62 bits per heavy atom. The van der Waals surface area contributed by atoms with Crippen molar-refractivity contribution in [3.8, 4) is 11.5 Å². The summed E-state index contributed by atoms with van der Waals surface area (Å²) < 4.78 is 29.0. The van der Waals surface area contributed by atoms with Crippen LogP contribution in [0.15, 0.2) is 53.4 Å². The lowest BCUT2D eigenvalue weighted by molar-refractivity contribution is -0.142. The van der Waals surface area contributed by atoms with Gasteiger partial charge in [0, 0.05) is 25.5 Å². The van der Waals surface area contributed by atoms with Crippen molar-refractivity contribution in [3.63, 3.8) is 0 Å². The van der Waals surface area contributed by atoms with Crippen LogP contribution in [0.1, 0.15) is 37.7 Å². The van der Waals surface area contributed by atoms with Gasteiger partial charge in [-0.15, -0.1) is 0 Å². The van der Waals surface area contributed by atoms with Crippen molar-refractivity contribution in [1.82, 2.24) is 0 Å². The molecule has 0 radical (unpaired) electrons. The number of sulfone groups is 1. The molecule has 3 rings (SSSR count). The first-order chi connectivity index (χ1) is 13.7. The van der Waals surface area contributed by atoms with Crippen LogP contribution >= 0.6 is 0 Å². The lowest BCUT2D eigenvalue weighted by atomic mass is 9.75. The van der Waals surface area contributed by atoms with Gasteiger partial charge in [0.2, 0.25) is 0 Å². The predicted octanol–water partition coefficient (Wildman–Crippen LogP) is 3.49. The zero-order valence-corrected chi connectivity index (χ0v) is 17.1. The Kier molecular flexibility index (Phi) is 5.98. The lowest BCUT2D eigenvalue weighted by Gasteiger charge is -2.25. The van der Waals surface area contributed by atoms with Gasteiger partial charge >= 0.3 is 0 Å². The summed E-state index contributed by atoms with van der Waals surface area (Å²) in [6, 6.07) is 13.2. The maximum atomic E-state index is 12.3. The summed E-state index contributed by atoms with van der Waals surface area (Å²) in [5.41, 5.74) is 0.825. The van der Waals surface area contributed by atoms with E-state index in [1.54, 1.807) is 43.3 Å². The fourth-order valence-electron chi connectivity index (χ4n) is 3.48. The van der Waals surface area contributed by atoms with E-state index < -0.39 is 15.8 Å². The van der Waals surface area contributed by atoms with E-state index >= 15 is 0 Å². The first-order valence-electron chi connectivity index (χ1n) is 9.35. The monoisotopic (exact) mass is 414 g/mol. The van der Waals surface area contributed by atoms with Crippen molar-refractivity contribution in [1.29, 1.82) is 0 Å². The van der Waals surface area contributed by atoms with Crippen molar-refractivity contribution in [2.24, 2.45) is 5.92 Å². The lowest BCUT2D eigenvalue weighted by Crippen LogP contribution is -2.37. The molecule has 29 heavy (non-hydrogen) atoms. The first-order valence-corrected chi connectivity index (χ1v) is 11.2. The quantitative estimate of drug-likeness (QED) is 0.672. The van der Waals surface area contributed by atoms with Crippen LogP contribution in [0.25, 0.3) is 0 Å². The van der Waals surface area contributed by atoms with E-state index in [4.69, 9.17) is 4.74 Å². The third-order valence-electron chi connectivity index (χ3n) is 5.03. The molecular weight excluding hydrogens is 392 g/mol. The van der Waals surface area contributed by atoms with Crippen LogP contribution in [-0.2, 0) is 24.2 Å². The summed E-state index contributed by atoms with van der Waals surface area (Å²) in [6.45, 7) is 1.65. The van der Waals surface area contributed by atoms with Gasteiger partial charge in [0.05, 0.1) is 4.90 Å². The molecular formula is C22H22O6S. The Hall–Kier alpha value is -2.80. The van der Waals surface area contributed by atoms with Crippen LogP contribution in [-0.4, -0.2) is 32.0 Å². The number of hydrogen-bond acceptors (Lipinski definition) is 6. The number of rotatable bonds is 6. The van der Waals surface area contributed by atoms with Gasteiger partial charge in [-0.05, 0) is 41.8 Å². The minimum Gasteiger partial charge on any atom is -0.457 e. The molecule has 0 saturated heterocycles. The number of Topliss-reactive ketones (excluding diaryl/α,β-unsaturated/α-hetero) is 3. The molecule has 0 unspecified atom stereocenters. The van der Waals surface area contributed by atoms with Gasteiger partial charge in [0.15, 0.2) is 27.2 Å². The van der Waals surface area contributed by atoms with Crippen LogP contribution < -0.4 is 4.74 Å². The average Bonchev–Trinajstić information content (AvgIpc) is 2.67. The molecule has 0 N–H and O–H groups in total. The molecule has 0 aromatic heterocycles. The van der Waals surface area contributed by atoms with E-state index in [9.17, 15) is 22.8 Å². The fraction of sp³-hybridized carbons (Fsp3) is 0.318. The van der Waals surface area contributed by atoms with E-state index in [2.05, 4.69) is 0 Å². The third kappa shape index (κ3) is 4.79. The standard InChI is InChI=1S/C22H22O6S/c1-3-19(23)22-20(24)11-15(12-21(22)25)14-7-9-16(10-8-14)28-17-5-4-6-18(13-17)29(2,26)27/h4-10,13,15,22H,3,11-12H2,1-2H3. The summed E-state index contributed by atoms with van der Waals surface area (Å²) >= 11 is 0. The van der Waals surface area contributed by atoms with Gasteiger partial charge in [-0.2, -0.15) is 0 Å². The molecule has 0 aliphatic heterocycles. The number of ketones is 3. The summed E-state index contributed by atoms with van der Waals surface area (Å²) in [6.07, 6.45) is 1.64. The number of carbonyl (C=O) groups is 3. The highest BCUT2D eigenvalue weighted by atomic mass is 32.2. The Morgan fingerprint density at radius 1 is 1.00 bits per heavy atom. The highest BCUT2D eigenvalue weighted by Gasteiger charge is 2.39. The largest absolute Gasteiger partial charge is 0.457 e. The predicted molar refractivity (Wildman–Crippen MR) is 107 cm³/mol. The van der Waals surface area contributed by atoms with Gasteiger partial charge in [-0.3, -0.25) is 14.4 Å². The van der Waals surface area contributed by atoms with Crippen LogP contribution in [0.4, 0.5) is 0 Å². The van der Waals surface area contributed by atoms with Crippen LogP contribution in [0, 0.1) is 5.92 Å². The van der Waals surface area contributed by atoms with Crippen LogP contribution in [0.2, 0.25) is 0 Å². The molecule has 0 spiro atoms. The first kappa shape index (κ1) is 20.9. The van der Waals surface area contributed by atoms with Crippen molar-refractivity contribution in [2.75, 3.05) is 6.26 Å². The Morgan fingerprint density at radius 3 is 2.17 bits per heavy atom. The zero-order chi connectivity index (χ0) is 21.2. The van der Waals surface area contributed by atoms with E-state index in [1.165, 1.54) is 12.1 Å². The molecule has 7 heteroatoms. The molecule has 2 aromatic carbocycles. The molecule has 1 saturated carbocycles. The van der Waals surface area contributed by atoms with E-state index in [0.29, 0.717) is 11.5 Å². The number of benzene rings is 2. The smallest absolute Gasteiger partial charge is 0.175 e. The summed E-state index contributed by atoms with van der Waals surface area (Å²) in [5, 5.41) is 0. The van der Waals surface area contributed by atoms with Crippen molar-refractivity contribution in [2.45, 2.75) is 37.0 Å². The Bertz CT molecular complexity index is 1030. The second-order valence-corrected chi connectivity index (χ2v) is 9.22. The highest BCUT2D eigenvalue weighted by Crippen LogP contribution is 2.34. The normalized spacial score (nSPS) is 19.8. The second kappa shape index (κ2) is 8.29. The molecule has 0 amide bonds. The van der Waals surface area contributed by atoms with Crippen LogP contribution in [0.5, 0.6) is 11.5 Å². The molecule has 1 aliphatic rings. The molecule has 6 nitrogen and oxygen atoms in total. The van der Waals surface area contributed by atoms with Gasteiger partial charge in [-0.25, -0.2) is 8.42 Å². The molecule has 1 fully saturated rings. The summed E-state index contributed by atoms with van der Waals surface area (Å²) in [4.78, 5) is 36.6. The molecule has 1 aliphatic carbocycles. The minimum atomic E-state index is -3.33. The van der Waals surface area contributed by atoms with Crippen LogP contribution in [0.3, 0.4) is 0 Å². The number of hydrogen-bond donors (Lipinski definition) is 0. The number of carbonyl (C=O) groups excluding carboxylic acids is 3. The topological polar surface area (TPSA) is 94.6 Å². The van der Waals surface area contributed by atoms with Crippen molar-refractivity contribution < 1.29 is 27.5 Å². The van der Waals surface area contributed by atoms with Gasteiger partial charge < -0.3 is 4.74 Å². The van der Waals surface area contributed by atoms with Crippen molar-refractivity contribution in [3.05, 3.63) is 54.1 Å². The molecule has 0 heterocycles. The SMILES string of the molecule is CCC(=O)C1C(=O)CC(c2ccc(Oc3cccc(S(C)(=O)=O)c3)cc2)CC1=O. The van der Waals surface area contributed by atoms with E-state index in [1.807, 2.05) is 0 Å². The zero-order valence-electron chi connectivity index (χ0n) is 16.3. The second-order valence-electron chi connectivity index (χ2n) is 7.21. The fourth-order valence-corrected chi connectivity index (χ4v) is 4.14. The van der Waals surface area contributed by atoms with E-state index in [-0.39, 0.29) is 47.4 Å². The maximum absolute atomic E-state index is 12.3. The molecule has 152 valence electrons. The maximum Gasteiger partial charge on any atom is 0.175 e. The molecule has 0 bridgehead atoms. The number of ether oxygens (including phenoxy) is 1. The molecule has 2 aromatic rings. The highest BCUT2D eigenvalue weighted by molar-refractivity contribution is 7.90. The van der Waals surface area contributed by atoms with E-state index in [0.717, 1.165) is 11.8 Å². The Balaban J connectivity index is 1.72. The van der Waals surface area contributed by atoms with Gasteiger partial charge in [0.1, 0.15) is 17.4 Å². The Labute approximate surface area is 169 Å².